The second-order valence-electron chi connectivity index (χ2n) is 13.0. The highest BCUT2D eigenvalue weighted by atomic mass is 16.3. The Morgan fingerprint density at radius 1 is 0.471 bits per heavy atom. The molecule has 0 saturated carbocycles. The predicted octanol–water partition coefficient (Wildman–Crippen LogP) is 11.7. The van der Waals surface area contributed by atoms with E-state index in [2.05, 4.69) is 175 Å². The summed E-state index contributed by atoms with van der Waals surface area (Å²) in [6.45, 7) is 0. The van der Waals surface area contributed by atoms with E-state index in [1.165, 1.54) is 21.7 Å². The van der Waals surface area contributed by atoms with Crippen molar-refractivity contribution < 1.29 is 4.42 Å². The lowest BCUT2D eigenvalue weighted by Gasteiger charge is -2.25. The van der Waals surface area contributed by atoms with Gasteiger partial charge in [-0.3, -0.25) is 0 Å². The zero-order chi connectivity index (χ0) is 33.7. The second-order valence-corrected chi connectivity index (χ2v) is 13.0. The van der Waals surface area contributed by atoms with Gasteiger partial charge in [-0.25, -0.2) is 9.98 Å². The van der Waals surface area contributed by atoms with Crippen LogP contribution in [0.2, 0.25) is 0 Å². The Morgan fingerprint density at radius 2 is 1.10 bits per heavy atom. The molecule has 0 fully saturated rings. The van der Waals surface area contributed by atoms with Gasteiger partial charge in [0.15, 0.2) is 5.84 Å². The van der Waals surface area contributed by atoms with Gasteiger partial charge in [-0.1, -0.05) is 146 Å². The first kappa shape index (κ1) is 29.2. The summed E-state index contributed by atoms with van der Waals surface area (Å²) in [7, 11) is 0. The molecule has 0 aliphatic carbocycles. The molecule has 0 spiro atoms. The number of hydrogen-bond acceptors (Lipinski definition) is 4. The van der Waals surface area contributed by atoms with Crippen molar-refractivity contribution in [1.82, 2.24) is 5.32 Å². The number of amidine groups is 2. The van der Waals surface area contributed by atoms with E-state index in [0.717, 1.165) is 66.5 Å². The van der Waals surface area contributed by atoms with E-state index in [4.69, 9.17) is 14.4 Å². The number of furan rings is 1. The highest BCUT2D eigenvalue weighted by molar-refractivity contribution is 6.25. The van der Waals surface area contributed by atoms with Gasteiger partial charge in [-0.15, -0.1) is 0 Å². The summed E-state index contributed by atoms with van der Waals surface area (Å²) in [6.07, 6.45) is -0.341. The van der Waals surface area contributed by atoms with E-state index in [0.29, 0.717) is 5.84 Å². The van der Waals surface area contributed by atoms with Crippen molar-refractivity contribution in [2.45, 2.75) is 6.17 Å². The smallest absolute Gasteiger partial charge is 0.159 e. The van der Waals surface area contributed by atoms with Gasteiger partial charge in [0.2, 0.25) is 0 Å². The standard InChI is InChI=1S/C47H31N3O/c1-3-12-32(13-4-1)39-25-26-41-43(40-28-36-17-9-10-18-37(36)29-42(40)51-41)44(39)47-49-45(33-14-5-2-6-15-33)48-46(50-47)34-22-19-31(20-23-34)38-24-21-30-11-7-8-16-35(30)27-38/h1-29,45H,(H,48,49,50). The topological polar surface area (TPSA) is 49.9 Å². The van der Waals surface area contributed by atoms with Gasteiger partial charge >= 0.3 is 0 Å². The van der Waals surface area contributed by atoms with Crippen molar-refractivity contribution in [3.05, 3.63) is 193 Å². The Hall–Kier alpha value is -6.78. The molecule has 0 amide bonds. The summed E-state index contributed by atoms with van der Waals surface area (Å²) in [5.74, 6) is 1.43. The summed E-state index contributed by atoms with van der Waals surface area (Å²) in [5, 5.41) is 10.6. The minimum Gasteiger partial charge on any atom is -0.456 e. The number of nitrogens with one attached hydrogen (secondary N) is 1. The first-order valence-corrected chi connectivity index (χ1v) is 17.3. The molecule has 2 heterocycles. The maximum Gasteiger partial charge on any atom is 0.159 e. The molecule has 1 N–H and O–H groups in total. The Labute approximate surface area is 295 Å². The number of aliphatic imine (C=N–C) groups is 2. The molecule has 0 bridgehead atoms. The summed E-state index contributed by atoms with van der Waals surface area (Å²) in [5.41, 5.74) is 9.19. The number of benzene rings is 8. The Kier molecular flexibility index (Phi) is 6.85. The van der Waals surface area contributed by atoms with Gasteiger partial charge in [0.25, 0.3) is 0 Å². The third kappa shape index (κ3) is 5.17. The van der Waals surface area contributed by atoms with Crippen LogP contribution in [0.25, 0.3) is 65.7 Å². The van der Waals surface area contributed by atoms with Gasteiger partial charge in [-0.2, -0.15) is 0 Å². The van der Waals surface area contributed by atoms with Gasteiger partial charge in [0, 0.05) is 21.9 Å². The first-order valence-electron chi connectivity index (χ1n) is 17.3. The van der Waals surface area contributed by atoms with Crippen molar-refractivity contribution in [2.24, 2.45) is 9.98 Å². The van der Waals surface area contributed by atoms with Crippen molar-refractivity contribution in [3.8, 4) is 22.3 Å². The van der Waals surface area contributed by atoms with Crippen LogP contribution in [0.15, 0.2) is 190 Å². The predicted molar refractivity (Wildman–Crippen MR) is 211 cm³/mol. The van der Waals surface area contributed by atoms with E-state index >= 15 is 0 Å². The normalized spacial score (nSPS) is 14.5. The summed E-state index contributed by atoms with van der Waals surface area (Å²) in [6, 6.07) is 61.6. The second kappa shape index (κ2) is 12.0. The highest BCUT2D eigenvalue weighted by Crippen LogP contribution is 2.40. The first-order chi connectivity index (χ1) is 25.2. The molecule has 51 heavy (non-hydrogen) atoms. The van der Waals surface area contributed by atoms with Crippen molar-refractivity contribution in [2.75, 3.05) is 0 Å². The molecule has 1 atom stereocenters. The number of nitrogens with zero attached hydrogens (tertiary/aromatic N) is 2. The summed E-state index contributed by atoms with van der Waals surface area (Å²) < 4.78 is 6.57. The lowest BCUT2D eigenvalue weighted by atomic mass is 9.93. The molecule has 1 unspecified atom stereocenters. The maximum absolute atomic E-state index is 6.57. The van der Waals surface area contributed by atoms with Gasteiger partial charge < -0.3 is 9.73 Å². The molecular weight excluding hydrogens is 623 g/mol. The molecule has 1 aliphatic heterocycles. The molecular formula is C47H31N3O. The van der Waals surface area contributed by atoms with E-state index in [9.17, 15) is 0 Å². The average Bonchev–Trinajstić information content (AvgIpc) is 3.57. The van der Waals surface area contributed by atoms with Crippen molar-refractivity contribution in [1.29, 1.82) is 0 Å². The monoisotopic (exact) mass is 653 g/mol. The number of fused-ring (bicyclic) bond motifs is 5. The van der Waals surface area contributed by atoms with Crippen molar-refractivity contribution in [3.63, 3.8) is 0 Å². The fourth-order valence-corrected chi connectivity index (χ4v) is 7.35. The van der Waals surface area contributed by atoms with E-state index in [1.807, 2.05) is 6.07 Å². The van der Waals surface area contributed by atoms with Crippen LogP contribution in [-0.2, 0) is 0 Å². The lowest BCUT2D eigenvalue weighted by Crippen LogP contribution is -2.34. The average molecular weight is 654 g/mol. The third-order valence-electron chi connectivity index (χ3n) is 9.91. The molecule has 9 aromatic rings. The minimum absolute atomic E-state index is 0.341. The van der Waals surface area contributed by atoms with E-state index in [-0.39, 0.29) is 6.17 Å². The molecule has 0 saturated heterocycles. The quantitative estimate of drug-likeness (QED) is 0.201. The fraction of sp³-hybridized carbons (Fsp3) is 0.0213. The SMILES string of the molecule is c1ccc(-c2ccc3oc4cc5ccccc5cc4c3c2C2=NC(c3ccc(-c4ccc5ccccc5c4)cc3)=NC(c3ccccc3)N2)cc1. The number of hydrogen-bond donors (Lipinski definition) is 1. The lowest BCUT2D eigenvalue weighted by molar-refractivity contribution is 0.668. The Bertz CT molecular complexity index is 2820. The van der Waals surface area contributed by atoms with Crippen LogP contribution in [0, 0.1) is 0 Å². The zero-order valence-electron chi connectivity index (χ0n) is 27.6. The Morgan fingerprint density at radius 3 is 1.86 bits per heavy atom. The minimum atomic E-state index is -0.341. The molecule has 240 valence electrons. The molecule has 1 aliphatic rings. The van der Waals surface area contributed by atoms with Gasteiger partial charge in [0.05, 0.1) is 0 Å². The molecule has 0 radical (unpaired) electrons. The third-order valence-corrected chi connectivity index (χ3v) is 9.91. The zero-order valence-corrected chi connectivity index (χ0v) is 27.6. The van der Waals surface area contributed by atoms with E-state index < -0.39 is 0 Å². The molecule has 8 aromatic carbocycles. The maximum atomic E-state index is 6.57. The molecule has 4 heteroatoms. The molecule has 10 rings (SSSR count). The van der Waals surface area contributed by atoms with Crippen LogP contribution in [0.5, 0.6) is 0 Å². The molecule has 4 nitrogen and oxygen atoms in total. The Balaban J connectivity index is 1.17. The summed E-state index contributed by atoms with van der Waals surface area (Å²) >= 11 is 0. The highest BCUT2D eigenvalue weighted by Gasteiger charge is 2.26. The van der Waals surface area contributed by atoms with Crippen LogP contribution < -0.4 is 5.32 Å². The van der Waals surface area contributed by atoms with Crippen molar-refractivity contribution >= 4 is 55.2 Å². The number of rotatable bonds is 5. The van der Waals surface area contributed by atoms with Crippen LogP contribution >= 0.6 is 0 Å². The fourth-order valence-electron chi connectivity index (χ4n) is 7.35. The van der Waals surface area contributed by atoms with Crippen LogP contribution in [-0.4, -0.2) is 11.7 Å². The van der Waals surface area contributed by atoms with Crippen LogP contribution in [0.3, 0.4) is 0 Å². The van der Waals surface area contributed by atoms with Crippen LogP contribution in [0.1, 0.15) is 22.9 Å². The van der Waals surface area contributed by atoms with E-state index in [1.54, 1.807) is 0 Å². The summed E-state index contributed by atoms with van der Waals surface area (Å²) in [4.78, 5) is 10.5. The van der Waals surface area contributed by atoms with Gasteiger partial charge in [0.1, 0.15) is 23.2 Å². The largest absolute Gasteiger partial charge is 0.456 e. The van der Waals surface area contributed by atoms with Gasteiger partial charge in [-0.05, 0) is 79.7 Å². The van der Waals surface area contributed by atoms with Crippen LogP contribution in [0.4, 0.5) is 0 Å². The molecule has 1 aromatic heterocycles.